The van der Waals surface area contributed by atoms with Gasteiger partial charge in [-0.3, -0.25) is 9.48 Å². The van der Waals surface area contributed by atoms with Crippen LogP contribution in [0.1, 0.15) is 77.7 Å². The van der Waals surface area contributed by atoms with E-state index in [4.69, 9.17) is 4.98 Å². The van der Waals surface area contributed by atoms with Gasteiger partial charge in [-0.15, -0.1) is 0 Å². The molecule has 2 aromatic heterocycles. The number of rotatable bonds is 8. The summed E-state index contributed by atoms with van der Waals surface area (Å²) >= 11 is 0. The lowest BCUT2D eigenvalue weighted by atomic mass is 9.92. The maximum atomic E-state index is 12.9. The van der Waals surface area contributed by atoms with Gasteiger partial charge >= 0.3 is 0 Å². The highest BCUT2D eigenvalue weighted by Gasteiger charge is 2.27. The van der Waals surface area contributed by atoms with Gasteiger partial charge in [0.05, 0.1) is 29.5 Å². The lowest BCUT2D eigenvalue weighted by Gasteiger charge is -2.18. The van der Waals surface area contributed by atoms with Crippen molar-refractivity contribution in [1.82, 2.24) is 25.1 Å². The summed E-state index contributed by atoms with van der Waals surface area (Å²) in [5.74, 6) is 1.10. The minimum Gasteiger partial charge on any atom is -0.346 e. The van der Waals surface area contributed by atoms with E-state index >= 15 is 0 Å². The fraction of sp³-hybridized carbons (Fsp3) is 0.273. The van der Waals surface area contributed by atoms with Crippen LogP contribution in [0.5, 0.6) is 0 Å². The first-order chi connectivity index (χ1) is 19.5. The summed E-state index contributed by atoms with van der Waals surface area (Å²) in [6.45, 7) is 4.04. The van der Waals surface area contributed by atoms with Gasteiger partial charge in [0.1, 0.15) is 0 Å². The molecule has 1 amide bonds. The van der Waals surface area contributed by atoms with Crippen molar-refractivity contribution in [3.05, 3.63) is 102 Å². The van der Waals surface area contributed by atoms with Gasteiger partial charge < -0.3 is 10.6 Å². The monoisotopic (exact) mass is 528 g/mol. The van der Waals surface area contributed by atoms with Gasteiger partial charge in [-0.25, -0.2) is 9.97 Å². The van der Waals surface area contributed by atoms with E-state index in [0.717, 1.165) is 33.3 Å². The molecule has 2 fully saturated rings. The van der Waals surface area contributed by atoms with Gasteiger partial charge in [0, 0.05) is 23.3 Å². The van der Waals surface area contributed by atoms with Crippen LogP contribution in [0, 0.1) is 6.92 Å². The predicted molar refractivity (Wildman–Crippen MR) is 158 cm³/mol. The molecule has 2 aliphatic rings. The van der Waals surface area contributed by atoms with Gasteiger partial charge in [-0.1, -0.05) is 35.9 Å². The smallest absolute Gasteiger partial charge is 0.251 e. The van der Waals surface area contributed by atoms with Crippen molar-refractivity contribution < 1.29 is 4.79 Å². The third-order valence-electron chi connectivity index (χ3n) is 7.89. The maximum absolute atomic E-state index is 12.9. The number of hydrogen-bond donors (Lipinski definition) is 2. The summed E-state index contributed by atoms with van der Waals surface area (Å²) in [5.41, 5.74) is 8.36. The zero-order chi connectivity index (χ0) is 27.2. The largest absolute Gasteiger partial charge is 0.346 e. The number of fused-ring (bicyclic) bond motifs is 1. The van der Waals surface area contributed by atoms with E-state index in [0.29, 0.717) is 23.5 Å². The number of nitrogens with zero attached hydrogens (tertiary/aromatic N) is 4. The van der Waals surface area contributed by atoms with Crippen molar-refractivity contribution in [2.75, 3.05) is 5.32 Å². The van der Waals surface area contributed by atoms with Crippen LogP contribution < -0.4 is 10.6 Å². The summed E-state index contributed by atoms with van der Waals surface area (Å²) in [6.07, 6.45) is 10.6. The van der Waals surface area contributed by atoms with Crippen LogP contribution in [0.4, 0.5) is 11.6 Å². The summed E-state index contributed by atoms with van der Waals surface area (Å²) < 4.78 is 2.01. The number of nitrogens with one attached hydrogen (secondary N) is 2. The summed E-state index contributed by atoms with van der Waals surface area (Å²) in [4.78, 5) is 22.2. The summed E-state index contributed by atoms with van der Waals surface area (Å²) in [6, 6.07) is 21.1. The Morgan fingerprint density at radius 3 is 2.67 bits per heavy atom. The zero-order valence-corrected chi connectivity index (χ0v) is 22.8. The minimum absolute atomic E-state index is 0.0591. The molecule has 0 aliphatic heterocycles. The molecule has 2 N–H and O–H groups in total. The van der Waals surface area contributed by atoms with Crippen LogP contribution in [0.3, 0.4) is 0 Å². The Morgan fingerprint density at radius 1 is 1.00 bits per heavy atom. The Kier molecular flexibility index (Phi) is 6.07. The van der Waals surface area contributed by atoms with E-state index < -0.39 is 0 Å². The van der Waals surface area contributed by atoms with E-state index in [1.165, 1.54) is 36.8 Å². The Bertz CT molecular complexity index is 1730. The molecule has 7 nitrogen and oxygen atoms in total. The fourth-order valence-electron chi connectivity index (χ4n) is 5.32. The lowest BCUT2D eigenvalue weighted by molar-refractivity contribution is 0.0940. The third kappa shape index (κ3) is 5.07. The van der Waals surface area contributed by atoms with Gasteiger partial charge in [0.25, 0.3) is 5.91 Å². The molecule has 1 atom stereocenters. The van der Waals surface area contributed by atoms with Crippen LogP contribution in [-0.2, 0) is 0 Å². The molecule has 0 unspecified atom stereocenters. The van der Waals surface area contributed by atoms with Gasteiger partial charge in [-0.2, -0.15) is 5.10 Å². The number of aryl methyl sites for hydroxylation is 1. The van der Waals surface area contributed by atoms with Crippen LogP contribution in [-0.4, -0.2) is 25.7 Å². The summed E-state index contributed by atoms with van der Waals surface area (Å²) in [5, 5.41) is 11.9. The second-order valence-electron chi connectivity index (χ2n) is 11.2. The first kappa shape index (κ1) is 24.5. The Labute approximate surface area is 233 Å². The predicted octanol–water partition coefficient (Wildman–Crippen LogP) is 7.25. The van der Waals surface area contributed by atoms with Crippen molar-refractivity contribution in [3.8, 4) is 11.1 Å². The highest BCUT2D eigenvalue weighted by atomic mass is 16.1. The van der Waals surface area contributed by atoms with E-state index in [1.54, 1.807) is 0 Å². The molecule has 7 heteroatoms. The Hall–Kier alpha value is -4.52. The molecule has 2 saturated carbocycles. The normalized spacial score (nSPS) is 15.7. The van der Waals surface area contributed by atoms with Gasteiger partial charge in [-0.05, 0) is 98.0 Å². The highest BCUT2D eigenvalue weighted by molar-refractivity contribution is 5.94. The summed E-state index contributed by atoms with van der Waals surface area (Å²) in [7, 11) is 0. The fourth-order valence-corrected chi connectivity index (χ4v) is 5.32. The second-order valence-corrected chi connectivity index (χ2v) is 11.2. The molecule has 2 heterocycles. The average Bonchev–Trinajstić information content (AvgIpc) is 3.91. The van der Waals surface area contributed by atoms with E-state index in [-0.39, 0.29) is 11.9 Å². The van der Waals surface area contributed by atoms with E-state index in [2.05, 4.69) is 57.1 Å². The molecule has 5 aromatic rings. The Morgan fingerprint density at radius 2 is 1.88 bits per heavy atom. The van der Waals surface area contributed by atoms with Gasteiger partial charge in [0.2, 0.25) is 5.95 Å². The zero-order valence-electron chi connectivity index (χ0n) is 22.8. The van der Waals surface area contributed by atoms with Crippen LogP contribution >= 0.6 is 0 Å². The highest BCUT2D eigenvalue weighted by Crippen LogP contribution is 2.45. The number of benzene rings is 3. The molecule has 0 radical (unpaired) electrons. The van der Waals surface area contributed by atoms with E-state index in [1.807, 2.05) is 61.4 Å². The maximum Gasteiger partial charge on any atom is 0.251 e. The standard InChI is InChI=1S/C33H32N6O/c1-20-4-3-5-25(14-20)32(40)36-21(2)23-8-12-29(22-6-7-22)30(16-23)24-9-13-31-26(15-24)17-34-33(38-31)37-27-18-35-39(19-27)28-10-11-28/h3-5,8-9,12-19,21-22,28H,6-7,10-11H2,1-2H3,(H,36,40)(H,34,37,38)/t21-/m1/s1. The number of aromatic nitrogens is 4. The molecule has 40 heavy (non-hydrogen) atoms. The molecule has 200 valence electrons. The van der Waals surface area contributed by atoms with Crippen molar-refractivity contribution in [2.24, 2.45) is 0 Å². The average molecular weight is 529 g/mol. The molecular weight excluding hydrogens is 496 g/mol. The van der Waals surface area contributed by atoms with Crippen molar-refractivity contribution in [3.63, 3.8) is 0 Å². The topological polar surface area (TPSA) is 84.7 Å². The second kappa shape index (κ2) is 9.90. The molecular formula is C33H32N6O. The molecule has 3 aromatic carbocycles. The van der Waals surface area contributed by atoms with Gasteiger partial charge in [0.15, 0.2) is 0 Å². The first-order valence-electron chi connectivity index (χ1n) is 14.1. The molecule has 0 saturated heterocycles. The first-order valence-corrected chi connectivity index (χ1v) is 14.1. The Balaban J connectivity index is 1.15. The van der Waals surface area contributed by atoms with Crippen LogP contribution in [0.2, 0.25) is 0 Å². The number of carbonyl (C=O) groups excluding carboxylic acids is 1. The molecule has 7 rings (SSSR count). The third-order valence-corrected chi connectivity index (χ3v) is 7.89. The van der Waals surface area contributed by atoms with Crippen molar-refractivity contribution in [1.29, 1.82) is 0 Å². The quantitative estimate of drug-likeness (QED) is 0.222. The lowest BCUT2D eigenvalue weighted by Crippen LogP contribution is -2.26. The van der Waals surface area contributed by atoms with Crippen molar-refractivity contribution >= 4 is 28.4 Å². The van der Waals surface area contributed by atoms with Crippen LogP contribution in [0.15, 0.2) is 79.3 Å². The SMILES string of the molecule is Cc1cccc(C(=O)N[C@H](C)c2ccc(C3CC3)c(-c3ccc4nc(Nc5cnn(C6CC6)c5)ncc4c3)c2)c1. The molecule has 2 aliphatic carbocycles. The molecule has 0 bridgehead atoms. The van der Waals surface area contributed by atoms with Crippen LogP contribution in [0.25, 0.3) is 22.0 Å². The van der Waals surface area contributed by atoms with E-state index in [9.17, 15) is 4.79 Å². The number of carbonyl (C=O) groups is 1. The number of anilines is 2. The number of hydrogen-bond acceptors (Lipinski definition) is 5. The van der Waals surface area contributed by atoms with Crippen molar-refractivity contribution in [2.45, 2.75) is 57.5 Å². The minimum atomic E-state index is -0.123. The number of amides is 1. The molecule has 0 spiro atoms.